The summed E-state index contributed by atoms with van der Waals surface area (Å²) in [7, 11) is 0. The van der Waals surface area contributed by atoms with Crippen molar-refractivity contribution in [3.05, 3.63) is 0 Å². The van der Waals surface area contributed by atoms with E-state index in [2.05, 4.69) is 51.8 Å². The molecule has 2 heteroatoms. The molecule has 0 radical (unpaired) electrons. The van der Waals surface area contributed by atoms with Crippen molar-refractivity contribution in [2.75, 3.05) is 19.6 Å². The van der Waals surface area contributed by atoms with Crippen LogP contribution in [0.1, 0.15) is 60.8 Å². The van der Waals surface area contributed by atoms with Gasteiger partial charge in [0.1, 0.15) is 0 Å². The van der Waals surface area contributed by atoms with E-state index in [1.807, 2.05) is 0 Å². The van der Waals surface area contributed by atoms with Gasteiger partial charge in [-0.1, -0.05) is 34.1 Å². The summed E-state index contributed by atoms with van der Waals surface area (Å²) in [6.45, 7) is 17.7. The summed E-state index contributed by atoms with van der Waals surface area (Å²) < 4.78 is 0. The molecule has 17 heavy (non-hydrogen) atoms. The number of likely N-dealkylation sites (N-methyl/N-ethyl adjacent to an activating group) is 1. The second-order valence-electron chi connectivity index (χ2n) is 7.06. The van der Waals surface area contributed by atoms with Crippen LogP contribution in [0.15, 0.2) is 0 Å². The Kier molecular flexibility index (Phi) is 5.03. The molecular formula is C15H32N2. The third-order valence-electron chi connectivity index (χ3n) is 4.15. The molecule has 0 aromatic rings. The first-order chi connectivity index (χ1) is 7.80. The summed E-state index contributed by atoms with van der Waals surface area (Å²) in [6, 6.07) is 0.540. The molecule has 0 aromatic carbocycles. The highest BCUT2D eigenvalue weighted by Gasteiger charge is 2.41. The van der Waals surface area contributed by atoms with Crippen molar-refractivity contribution < 1.29 is 0 Å². The largest absolute Gasteiger partial charge is 0.312 e. The van der Waals surface area contributed by atoms with E-state index in [-0.39, 0.29) is 5.54 Å². The normalized spacial score (nSPS) is 21.5. The standard InChI is InChI=1S/C15H32N2/c1-7-16-13(14(2,3)4)15(5,6)17-11-9-8-10-12-17/h13,16H,7-12H2,1-6H3. The van der Waals surface area contributed by atoms with Crippen molar-refractivity contribution in [2.24, 2.45) is 5.41 Å². The van der Waals surface area contributed by atoms with Gasteiger partial charge in [-0.05, 0) is 51.7 Å². The molecule has 0 bridgehead atoms. The van der Waals surface area contributed by atoms with E-state index in [4.69, 9.17) is 0 Å². The highest BCUT2D eigenvalue weighted by atomic mass is 15.2. The molecule has 1 aliphatic rings. The molecular weight excluding hydrogens is 208 g/mol. The van der Waals surface area contributed by atoms with E-state index in [1.54, 1.807) is 0 Å². The highest BCUT2D eigenvalue weighted by Crippen LogP contribution is 2.33. The molecule has 0 aromatic heterocycles. The first kappa shape index (κ1) is 15.0. The molecule has 1 fully saturated rings. The lowest BCUT2D eigenvalue weighted by molar-refractivity contribution is 0.0224. The highest BCUT2D eigenvalue weighted by molar-refractivity contribution is 5.00. The van der Waals surface area contributed by atoms with E-state index < -0.39 is 0 Å². The zero-order chi connectivity index (χ0) is 13.1. The smallest absolute Gasteiger partial charge is 0.0311 e. The molecule has 0 spiro atoms. The van der Waals surface area contributed by atoms with Gasteiger partial charge in [-0.15, -0.1) is 0 Å². The van der Waals surface area contributed by atoms with Gasteiger partial charge in [0.15, 0.2) is 0 Å². The topological polar surface area (TPSA) is 15.3 Å². The molecule has 1 heterocycles. The molecule has 1 saturated heterocycles. The van der Waals surface area contributed by atoms with Gasteiger partial charge in [0.25, 0.3) is 0 Å². The average Bonchev–Trinajstić information content (AvgIpc) is 2.25. The van der Waals surface area contributed by atoms with Crippen LogP contribution in [-0.4, -0.2) is 36.1 Å². The van der Waals surface area contributed by atoms with Crippen LogP contribution in [0.5, 0.6) is 0 Å². The lowest BCUT2D eigenvalue weighted by Crippen LogP contribution is -2.63. The van der Waals surface area contributed by atoms with Gasteiger partial charge < -0.3 is 5.32 Å². The van der Waals surface area contributed by atoms with Gasteiger partial charge >= 0.3 is 0 Å². The van der Waals surface area contributed by atoms with E-state index in [0.29, 0.717) is 11.5 Å². The monoisotopic (exact) mass is 240 g/mol. The lowest BCUT2D eigenvalue weighted by atomic mass is 9.74. The Labute approximate surface area is 108 Å². The maximum absolute atomic E-state index is 3.72. The minimum absolute atomic E-state index is 0.245. The maximum Gasteiger partial charge on any atom is 0.0311 e. The van der Waals surface area contributed by atoms with Crippen molar-refractivity contribution in [1.29, 1.82) is 0 Å². The molecule has 0 amide bonds. The molecule has 0 saturated carbocycles. The number of piperidine rings is 1. The van der Waals surface area contributed by atoms with Crippen LogP contribution in [0.3, 0.4) is 0 Å². The zero-order valence-electron chi connectivity index (χ0n) is 12.8. The lowest BCUT2D eigenvalue weighted by Gasteiger charge is -2.51. The second kappa shape index (κ2) is 5.71. The summed E-state index contributed by atoms with van der Waals surface area (Å²) >= 11 is 0. The molecule has 1 unspecified atom stereocenters. The van der Waals surface area contributed by atoms with E-state index in [9.17, 15) is 0 Å². The Hall–Kier alpha value is -0.0800. The first-order valence-corrected chi connectivity index (χ1v) is 7.28. The summed E-state index contributed by atoms with van der Waals surface area (Å²) in [5.41, 5.74) is 0.547. The van der Waals surface area contributed by atoms with Crippen LogP contribution in [0.4, 0.5) is 0 Å². The van der Waals surface area contributed by atoms with Crippen LogP contribution in [-0.2, 0) is 0 Å². The molecule has 2 nitrogen and oxygen atoms in total. The Balaban J connectivity index is 2.82. The number of nitrogens with zero attached hydrogens (tertiary/aromatic N) is 1. The van der Waals surface area contributed by atoms with Crippen LogP contribution in [0, 0.1) is 5.41 Å². The molecule has 1 atom stereocenters. The van der Waals surface area contributed by atoms with Crippen LogP contribution in [0.2, 0.25) is 0 Å². The Morgan fingerprint density at radius 2 is 1.53 bits per heavy atom. The first-order valence-electron chi connectivity index (χ1n) is 7.28. The van der Waals surface area contributed by atoms with Gasteiger partial charge in [0.05, 0.1) is 0 Å². The third-order valence-corrected chi connectivity index (χ3v) is 4.15. The number of nitrogens with one attached hydrogen (secondary N) is 1. The molecule has 102 valence electrons. The quantitative estimate of drug-likeness (QED) is 0.811. The Morgan fingerprint density at radius 3 is 1.94 bits per heavy atom. The van der Waals surface area contributed by atoms with Gasteiger partial charge in [0, 0.05) is 11.6 Å². The average molecular weight is 240 g/mol. The predicted octanol–water partition coefficient (Wildman–Crippen LogP) is 3.28. The van der Waals surface area contributed by atoms with Crippen LogP contribution in [0.25, 0.3) is 0 Å². The van der Waals surface area contributed by atoms with Gasteiger partial charge in [-0.25, -0.2) is 0 Å². The molecule has 1 rings (SSSR count). The minimum Gasteiger partial charge on any atom is -0.312 e. The summed E-state index contributed by atoms with van der Waals surface area (Å²) in [6.07, 6.45) is 4.15. The second-order valence-corrected chi connectivity index (χ2v) is 7.06. The van der Waals surface area contributed by atoms with Crippen molar-refractivity contribution in [3.63, 3.8) is 0 Å². The van der Waals surface area contributed by atoms with Crippen molar-refractivity contribution in [3.8, 4) is 0 Å². The fourth-order valence-electron chi connectivity index (χ4n) is 3.47. The summed E-state index contributed by atoms with van der Waals surface area (Å²) in [5.74, 6) is 0. The Bertz CT molecular complexity index is 222. The number of rotatable bonds is 4. The fraction of sp³-hybridized carbons (Fsp3) is 1.00. The maximum atomic E-state index is 3.72. The number of hydrogen-bond donors (Lipinski definition) is 1. The Morgan fingerprint density at radius 1 is 1.00 bits per heavy atom. The zero-order valence-corrected chi connectivity index (χ0v) is 12.8. The number of hydrogen-bond acceptors (Lipinski definition) is 2. The van der Waals surface area contributed by atoms with Crippen LogP contribution < -0.4 is 5.32 Å². The third kappa shape index (κ3) is 3.69. The van der Waals surface area contributed by atoms with E-state index in [0.717, 1.165) is 6.54 Å². The van der Waals surface area contributed by atoms with Crippen LogP contribution >= 0.6 is 0 Å². The minimum atomic E-state index is 0.245. The van der Waals surface area contributed by atoms with E-state index >= 15 is 0 Å². The van der Waals surface area contributed by atoms with Gasteiger partial charge in [-0.3, -0.25) is 4.90 Å². The van der Waals surface area contributed by atoms with E-state index in [1.165, 1.54) is 32.4 Å². The summed E-state index contributed by atoms with van der Waals surface area (Å²) in [5, 5.41) is 3.72. The van der Waals surface area contributed by atoms with Gasteiger partial charge in [0.2, 0.25) is 0 Å². The van der Waals surface area contributed by atoms with Crippen molar-refractivity contribution >= 4 is 0 Å². The number of likely N-dealkylation sites (tertiary alicyclic amines) is 1. The van der Waals surface area contributed by atoms with Gasteiger partial charge in [-0.2, -0.15) is 0 Å². The molecule has 1 N–H and O–H groups in total. The predicted molar refractivity (Wildman–Crippen MR) is 76.4 cm³/mol. The fourth-order valence-corrected chi connectivity index (χ4v) is 3.47. The van der Waals surface area contributed by atoms with Crippen molar-refractivity contribution in [2.45, 2.75) is 72.4 Å². The summed E-state index contributed by atoms with van der Waals surface area (Å²) in [4.78, 5) is 2.69. The molecule has 1 aliphatic heterocycles. The molecule has 0 aliphatic carbocycles. The SMILES string of the molecule is CCNC(C(C)(C)C)C(C)(C)N1CCCCC1. The van der Waals surface area contributed by atoms with Crippen molar-refractivity contribution in [1.82, 2.24) is 10.2 Å².